The zero-order valence-electron chi connectivity index (χ0n) is 31.0. The van der Waals surface area contributed by atoms with Gasteiger partial charge in [-0.3, -0.25) is 0 Å². The highest BCUT2D eigenvalue weighted by atomic mass is 15.0. The summed E-state index contributed by atoms with van der Waals surface area (Å²) in [6.07, 6.45) is 0. The second-order valence-corrected chi connectivity index (χ2v) is 14.5. The van der Waals surface area contributed by atoms with Gasteiger partial charge in [0.05, 0.1) is 44.6 Å². The zero-order chi connectivity index (χ0) is 37.9. The number of hydrogen-bond acceptors (Lipinski definition) is 2. The topological polar surface area (TPSA) is 57.4 Å². The van der Waals surface area contributed by atoms with Crippen LogP contribution in [0.1, 0.15) is 22.3 Å². The van der Waals surface area contributed by atoms with Crippen molar-refractivity contribution in [2.24, 2.45) is 0 Å². The molecule has 8 aromatic carbocycles. The molecule has 2 heterocycles. The Morgan fingerprint density at radius 3 is 1.16 bits per heavy atom. The Kier molecular flexibility index (Phi) is 7.66. The number of para-hydroxylation sites is 2. The van der Waals surface area contributed by atoms with Crippen molar-refractivity contribution in [3.05, 3.63) is 192 Å². The van der Waals surface area contributed by atoms with Gasteiger partial charge in [0, 0.05) is 21.5 Å². The van der Waals surface area contributed by atoms with Gasteiger partial charge in [-0.15, -0.1) is 0 Å². The number of aromatic nitrogens is 2. The van der Waals surface area contributed by atoms with Crippen molar-refractivity contribution in [1.29, 1.82) is 10.5 Å². The van der Waals surface area contributed by atoms with Crippen LogP contribution in [0.4, 0.5) is 0 Å². The van der Waals surface area contributed by atoms with E-state index in [4.69, 9.17) is 0 Å². The molecule has 4 nitrogen and oxygen atoms in total. The Labute approximate surface area is 325 Å². The fourth-order valence-electron chi connectivity index (χ4n) is 8.57. The maximum absolute atomic E-state index is 10.5. The average Bonchev–Trinajstić information content (AvgIpc) is 3.75. The standard InChI is InChI=1S/C52H34N4/c1-33-11-3-5-13-41(33)37-23-25-45-43-15-7-9-17-47(43)55(51(45)29-37)49-27-35(19-21-39(49)31-53)36-20-22-40(32-54)50(28-36)56-48-18-10-8-16-44(48)46-26-24-38(30-52(46)56)42-14-6-4-12-34(42)2/h3-30H,1-2H3. The van der Waals surface area contributed by atoms with E-state index in [-0.39, 0.29) is 0 Å². The van der Waals surface area contributed by atoms with Crippen molar-refractivity contribution < 1.29 is 0 Å². The molecule has 0 unspecified atom stereocenters. The molecule has 10 aromatic rings. The first-order valence-corrected chi connectivity index (χ1v) is 18.8. The van der Waals surface area contributed by atoms with Crippen LogP contribution in [0, 0.1) is 36.5 Å². The minimum absolute atomic E-state index is 0.581. The van der Waals surface area contributed by atoms with E-state index in [1.165, 1.54) is 22.3 Å². The van der Waals surface area contributed by atoms with E-state index < -0.39 is 0 Å². The molecule has 0 N–H and O–H groups in total. The van der Waals surface area contributed by atoms with Crippen LogP contribution in [0.3, 0.4) is 0 Å². The lowest BCUT2D eigenvalue weighted by Crippen LogP contribution is -2.00. The van der Waals surface area contributed by atoms with Gasteiger partial charge in [-0.05, 0) is 107 Å². The monoisotopic (exact) mass is 714 g/mol. The minimum Gasteiger partial charge on any atom is -0.308 e. The van der Waals surface area contributed by atoms with Crippen LogP contribution >= 0.6 is 0 Å². The average molecular weight is 715 g/mol. The lowest BCUT2D eigenvalue weighted by Gasteiger charge is -2.15. The summed E-state index contributed by atoms with van der Waals surface area (Å²) in [6.45, 7) is 4.28. The van der Waals surface area contributed by atoms with Gasteiger partial charge in [-0.25, -0.2) is 0 Å². The molecule has 0 spiro atoms. The largest absolute Gasteiger partial charge is 0.308 e. The van der Waals surface area contributed by atoms with Crippen LogP contribution in [0.5, 0.6) is 0 Å². The van der Waals surface area contributed by atoms with Crippen LogP contribution in [0.25, 0.3) is 88.4 Å². The van der Waals surface area contributed by atoms with Gasteiger partial charge in [0.1, 0.15) is 12.1 Å². The Morgan fingerprint density at radius 2 is 0.732 bits per heavy atom. The van der Waals surface area contributed by atoms with Gasteiger partial charge >= 0.3 is 0 Å². The third kappa shape index (κ3) is 5.12. The third-order valence-corrected chi connectivity index (χ3v) is 11.3. The van der Waals surface area contributed by atoms with E-state index in [9.17, 15) is 10.5 Å². The summed E-state index contributed by atoms with van der Waals surface area (Å²) >= 11 is 0. The lowest BCUT2D eigenvalue weighted by molar-refractivity contribution is 1.16. The van der Waals surface area contributed by atoms with Crippen molar-refractivity contribution in [3.63, 3.8) is 0 Å². The maximum atomic E-state index is 10.5. The fourth-order valence-corrected chi connectivity index (χ4v) is 8.57. The number of benzene rings is 8. The first kappa shape index (κ1) is 32.9. The van der Waals surface area contributed by atoms with Gasteiger partial charge in [-0.2, -0.15) is 10.5 Å². The molecular formula is C52H34N4. The molecule has 0 bridgehead atoms. The van der Waals surface area contributed by atoms with E-state index in [1.54, 1.807) is 0 Å². The van der Waals surface area contributed by atoms with E-state index in [1.807, 2.05) is 24.3 Å². The molecular weight excluding hydrogens is 681 g/mol. The van der Waals surface area contributed by atoms with Crippen molar-refractivity contribution in [2.75, 3.05) is 0 Å². The molecule has 0 radical (unpaired) electrons. The molecule has 0 atom stereocenters. The number of fused-ring (bicyclic) bond motifs is 6. The van der Waals surface area contributed by atoms with Crippen LogP contribution in [0.2, 0.25) is 0 Å². The quantitative estimate of drug-likeness (QED) is 0.178. The highest BCUT2D eigenvalue weighted by Crippen LogP contribution is 2.40. The van der Waals surface area contributed by atoms with E-state index in [0.717, 1.165) is 77.2 Å². The van der Waals surface area contributed by atoms with E-state index in [2.05, 4.69) is 181 Å². The molecule has 2 aromatic heterocycles. The molecule has 0 amide bonds. The minimum atomic E-state index is 0.581. The number of nitrogens with zero attached hydrogens (tertiary/aromatic N) is 4. The zero-order valence-corrected chi connectivity index (χ0v) is 31.0. The van der Waals surface area contributed by atoms with Crippen LogP contribution in [-0.4, -0.2) is 9.13 Å². The Hall–Kier alpha value is -7.66. The van der Waals surface area contributed by atoms with Crippen molar-refractivity contribution >= 4 is 43.6 Å². The Morgan fingerprint density at radius 1 is 0.357 bits per heavy atom. The van der Waals surface area contributed by atoms with E-state index >= 15 is 0 Å². The van der Waals surface area contributed by atoms with Gasteiger partial charge in [0.25, 0.3) is 0 Å². The maximum Gasteiger partial charge on any atom is 0.101 e. The first-order valence-electron chi connectivity index (χ1n) is 18.8. The molecule has 0 saturated carbocycles. The van der Waals surface area contributed by atoms with Gasteiger partial charge < -0.3 is 9.13 Å². The molecule has 0 aliphatic heterocycles. The number of rotatable bonds is 5. The van der Waals surface area contributed by atoms with Gasteiger partial charge in [0.2, 0.25) is 0 Å². The lowest BCUT2D eigenvalue weighted by atomic mass is 9.98. The highest BCUT2D eigenvalue weighted by Gasteiger charge is 2.20. The molecule has 10 rings (SSSR count). The van der Waals surface area contributed by atoms with Crippen molar-refractivity contribution in [3.8, 4) is 56.9 Å². The molecule has 0 aliphatic rings. The van der Waals surface area contributed by atoms with E-state index in [0.29, 0.717) is 11.1 Å². The molecule has 0 saturated heterocycles. The normalized spacial score (nSPS) is 11.4. The number of aryl methyl sites for hydroxylation is 2. The molecule has 4 heteroatoms. The van der Waals surface area contributed by atoms with Gasteiger partial charge in [-0.1, -0.05) is 121 Å². The first-order chi connectivity index (χ1) is 27.5. The SMILES string of the molecule is Cc1ccccc1-c1ccc2c3ccccc3n(-c3cc(-c4ccc(C#N)c(-n5c6ccccc6c6ccc(-c7ccccc7C)cc65)c4)ccc3C#N)c2c1. The second kappa shape index (κ2) is 13.0. The summed E-state index contributed by atoms with van der Waals surface area (Å²) in [6, 6.07) is 64.1. The number of hydrogen-bond donors (Lipinski definition) is 0. The van der Waals surface area contributed by atoms with Crippen LogP contribution < -0.4 is 0 Å². The number of nitriles is 2. The third-order valence-electron chi connectivity index (χ3n) is 11.3. The molecule has 56 heavy (non-hydrogen) atoms. The summed E-state index contributed by atoms with van der Waals surface area (Å²) in [5.41, 5.74) is 15.9. The van der Waals surface area contributed by atoms with Crippen molar-refractivity contribution in [1.82, 2.24) is 9.13 Å². The predicted octanol–water partition coefficient (Wildman–Crippen LogP) is 13.2. The Bertz CT molecular complexity index is 3080. The Balaban J connectivity index is 1.20. The highest BCUT2D eigenvalue weighted by molar-refractivity contribution is 6.11. The summed E-state index contributed by atoms with van der Waals surface area (Å²) in [5.74, 6) is 0. The predicted molar refractivity (Wildman–Crippen MR) is 230 cm³/mol. The van der Waals surface area contributed by atoms with Crippen LogP contribution in [0.15, 0.2) is 170 Å². The van der Waals surface area contributed by atoms with Crippen LogP contribution in [-0.2, 0) is 0 Å². The fraction of sp³-hybridized carbons (Fsp3) is 0.0385. The second-order valence-electron chi connectivity index (χ2n) is 14.5. The summed E-state index contributed by atoms with van der Waals surface area (Å²) in [4.78, 5) is 0. The molecule has 0 aliphatic carbocycles. The summed E-state index contributed by atoms with van der Waals surface area (Å²) in [7, 11) is 0. The van der Waals surface area contributed by atoms with Crippen molar-refractivity contribution in [2.45, 2.75) is 13.8 Å². The summed E-state index contributed by atoms with van der Waals surface area (Å²) in [5, 5.41) is 25.6. The summed E-state index contributed by atoms with van der Waals surface area (Å²) < 4.78 is 4.47. The smallest absolute Gasteiger partial charge is 0.101 e. The van der Waals surface area contributed by atoms with Gasteiger partial charge in [0.15, 0.2) is 0 Å². The molecule has 262 valence electrons. The molecule has 0 fully saturated rings.